The highest BCUT2D eigenvalue weighted by Crippen LogP contribution is 2.34. The van der Waals surface area contributed by atoms with E-state index < -0.39 is 11.7 Å². The van der Waals surface area contributed by atoms with Crippen molar-refractivity contribution in [2.45, 2.75) is 57.5 Å². The fourth-order valence-corrected chi connectivity index (χ4v) is 4.12. The van der Waals surface area contributed by atoms with Gasteiger partial charge in [0.05, 0.1) is 24.1 Å². The van der Waals surface area contributed by atoms with Gasteiger partial charge in [-0.3, -0.25) is 4.79 Å². The number of benzene rings is 2. The Bertz CT molecular complexity index is 1150. The van der Waals surface area contributed by atoms with Gasteiger partial charge in [0.15, 0.2) is 0 Å². The fourth-order valence-electron chi connectivity index (χ4n) is 3.35. The molecule has 0 N–H and O–H groups in total. The minimum absolute atomic E-state index is 0.0174. The Kier molecular flexibility index (Phi) is 6.75. The van der Waals surface area contributed by atoms with Crippen molar-refractivity contribution in [2.24, 2.45) is 0 Å². The van der Waals surface area contributed by atoms with Crippen molar-refractivity contribution < 1.29 is 19.1 Å². The van der Waals surface area contributed by atoms with Crippen LogP contribution in [0.15, 0.2) is 53.4 Å². The van der Waals surface area contributed by atoms with Crippen LogP contribution >= 0.6 is 11.8 Å². The first kappa shape index (κ1) is 23.9. The van der Waals surface area contributed by atoms with Gasteiger partial charge in [0.25, 0.3) is 0 Å². The van der Waals surface area contributed by atoms with Crippen LogP contribution in [0.4, 0.5) is 4.79 Å². The summed E-state index contributed by atoms with van der Waals surface area (Å²) in [5, 5.41) is 0.905. The molecule has 32 heavy (non-hydrogen) atoms. The minimum atomic E-state index is -0.617. The predicted molar refractivity (Wildman–Crippen MR) is 130 cm³/mol. The molecule has 0 radical (unpaired) electrons. The van der Waals surface area contributed by atoms with Gasteiger partial charge in [-0.15, -0.1) is 11.8 Å². The topological polar surface area (TPSA) is 57.5 Å². The second kappa shape index (κ2) is 9.02. The van der Waals surface area contributed by atoms with Gasteiger partial charge in [0.1, 0.15) is 5.60 Å². The molecule has 0 aliphatic carbocycles. The summed E-state index contributed by atoms with van der Waals surface area (Å²) in [5.41, 5.74) is 3.03. The molecule has 0 saturated carbocycles. The number of hydrogen-bond acceptors (Lipinski definition) is 5. The third kappa shape index (κ3) is 5.54. The molecule has 0 aliphatic heterocycles. The second-order valence-corrected chi connectivity index (χ2v) is 10.8. The number of carbonyl (C=O) groups excluding carboxylic acids is 2. The van der Waals surface area contributed by atoms with E-state index in [0.717, 1.165) is 27.1 Å². The lowest BCUT2D eigenvalue weighted by Crippen LogP contribution is -2.27. The van der Waals surface area contributed by atoms with Gasteiger partial charge < -0.3 is 9.47 Å². The largest absolute Gasteiger partial charge is 0.468 e. The fraction of sp³-hybridized carbons (Fsp3) is 0.385. The van der Waals surface area contributed by atoms with Gasteiger partial charge in [-0.1, -0.05) is 39.0 Å². The van der Waals surface area contributed by atoms with Crippen LogP contribution in [0.2, 0.25) is 0 Å². The van der Waals surface area contributed by atoms with Gasteiger partial charge in [0.2, 0.25) is 0 Å². The van der Waals surface area contributed by atoms with E-state index in [2.05, 4.69) is 32.9 Å². The maximum absolute atomic E-state index is 13.2. The first-order valence-electron chi connectivity index (χ1n) is 10.6. The average molecular weight is 454 g/mol. The summed E-state index contributed by atoms with van der Waals surface area (Å²) in [6, 6.07) is 16.1. The van der Waals surface area contributed by atoms with Gasteiger partial charge in [-0.2, -0.15) is 0 Å². The van der Waals surface area contributed by atoms with Gasteiger partial charge in [-0.25, -0.2) is 9.36 Å². The molecule has 2 aromatic carbocycles. The van der Waals surface area contributed by atoms with Crippen LogP contribution in [-0.4, -0.2) is 35.1 Å². The molecule has 1 aromatic heterocycles. The van der Waals surface area contributed by atoms with E-state index in [0.29, 0.717) is 0 Å². The van der Waals surface area contributed by atoms with E-state index in [1.165, 1.54) is 24.4 Å². The molecule has 5 nitrogen and oxygen atoms in total. The molecule has 0 fully saturated rings. The lowest BCUT2D eigenvalue weighted by Gasteiger charge is -2.22. The van der Waals surface area contributed by atoms with Crippen LogP contribution < -0.4 is 0 Å². The number of nitrogens with zero attached hydrogens (tertiary/aromatic N) is 1. The van der Waals surface area contributed by atoms with Crippen molar-refractivity contribution >= 4 is 34.7 Å². The summed E-state index contributed by atoms with van der Waals surface area (Å²) in [7, 11) is 1.38. The molecule has 0 bridgehead atoms. The molecular weight excluding hydrogens is 422 g/mol. The molecule has 6 heteroatoms. The smallest absolute Gasteiger partial charge is 0.419 e. The molecule has 0 atom stereocenters. The van der Waals surface area contributed by atoms with Crippen LogP contribution in [0.5, 0.6) is 0 Å². The summed E-state index contributed by atoms with van der Waals surface area (Å²) in [4.78, 5) is 25.7. The summed E-state index contributed by atoms with van der Waals surface area (Å²) in [6.07, 6.45) is -0.418. The molecule has 3 rings (SSSR count). The molecule has 3 aromatic rings. The van der Waals surface area contributed by atoms with Crippen LogP contribution in [0.25, 0.3) is 22.2 Å². The lowest BCUT2D eigenvalue weighted by molar-refractivity contribution is -0.137. The number of methoxy groups -OCH3 is 1. The Morgan fingerprint density at radius 2 is 1.69 bits per heavy atom. The SMILES string of the molecule is COC(=O)CSc1ccc2c(c1)cc(-c1cccc(C(C)(C)C)c1)n2C(=O)OC(C)(C)C. The van der Waals surface area contributed by atoms with Crippen molar-refractivity contribution in [3.05, 3.63) is 54.1 Å². The Labute approximate surface area is 194 Å². The predicted octanol–water partition coefficient (Wildman–Crippen LogP) is 6.65. The van der Waals surface area contributed by atoms with Gasteiger partial charge >= 0.3 is 12.1 Å². The quantitative estimate of drug-likeness (QED) is 0.327. The molecule has 0 unspecified atom stereocenters. The third-order valence-corrected chi connectivity index (χ3v) is 5.93. The highest BCUT2D eigenvalue weighted by Gasteiger charge is 2.24. The van der Waals surface area contributed by atoms with E-state index in [9.17, 15) is 9.59 Å². The molecule has 170 valence electrons. The highest BCUT2D eigenvalue weighted by molar-refractivity contribution is 8.00. The average Bonchev–Trinajstić information content (AvgIpc) is 3.09. The van der Waals surface area contributed by atoms with Gasteiger partial charge in [0, 0.05) is 10.3 Å². The van der Waals surface area contributed by atoms with Crippen molar-refractivity contribution in [2.75, 3.05) is 12.9 Å². The monoisotopic (exact) mass is 453 g/mol. The van der Waals surface area contributed by atoms with Crippen LogP contribution in [0, 0.1) is 0 Å². The van der Waals surface area contributed by atoms with E-state index in [-0.39, 0.29) is 17.1 Å². The number of fused-ring (bicyclic) bond motifs is 1. The third-order valence-electron chi connectivity index (χ3n) is 4.96. The second-order valence-electron chi connectivity index (χ2n) is 9.76. The number of aromatic nitrogens is 1. The maximum atomic E-state index is 13.2. The Balaban J connectivity index is 2.14. The molecule has 0 spiro atoms. The van der Waals surface area contributed by atoms with Crippen LogP contribution in [0.3, 0.4) is 0 Å². The molecule has 0 saturated heterocycles. The maximum Gasteiger partial charge on any atom is 0.419 e. The Morgan fingerprint density at radius 1 is 0.969 bits per heavy atom. The summed E-state index contributed by atoms with van der Waals surface area (Å²) in [5.74, 6) is -0.0453. The summed E-state index contributed by atoms with van der Waals surface area (Å²) >= 11 is 1.40. The zero-order valence-electron chi connectivity index (χ0n) is 19.8. The molecular formula is C26H31NO4S. The van der Waals surface area contributed by atoms with Crippen molar-refractivity contribution in [1.82, 2.24) is 4.57 Å². The van der Waals surface area contributed by atoms with E-state index >= 15 is 0 Å². The Hall–Kier alpha value is -2.73. The normalized spacial score (nSPS) is 12.1. The number of hydrogen-bond donors (Lipinski definition) is 0. The zero-order chi connectivity index (χ0) is 23.7. The Morgan fingerprint density at radius 3 is 2.31 bits per heavy atom. The summed E-state index contributed by atoms with van der Waals surface area (Å²) < 4.78 is 12.1. The van der Waals surface area contributed by atoms with E-state index in [1.54, 1.807) is 4.57 Å². The van der Waals surface area contributed by atoms with E-state index in [1.807, 2.05) is 57.2 Å². The lowest BCUT2D eigenvalue weighted by atomic mass is 9.86. The van der Waals surface area contributed by atoms with Crippen molar-refractivity contribution in [3.8, 4) is 11.3 Å². The van der Waals surface area contributed by atoms with Gasteiger partial charge in [-0.05, 0) is 67.6 Å². The van der Waals surface area contributed by atoms with E-state index in [4.69, 9.17) is 9.47 Å². The molecule has 0 aliphatic rings. The first-order valence-corrected chi connectivity index (χ1v) is 11.6. The number of ether oxygens (including phenoxy) is 2. The van der Waals surface area contributed by atoms with Crippen molar-refractivity contribution in [1.29, 1.82) is 0 Å². The van der Waals surface area contributed by atoms with Crippen LogP contribution in [-0.2, 0) is 19.7 Å². The summed E-state index contributed by atoms with van der Waals surface area (Å²) in [6.45, 7) is 12.1. The number of carbonyl (C=O) groups is 2. The standard InChI is InChI=1S/C26H31NO4S/c1-25(2,3)19-10-8-9-17(13-19)22-15-18-14-20(32-16-23(28)30-7)11-12-21(18)27(22)24(29)31-26(4,5)6/h8-15H,16H2,1-7H3. The number of esters is 1. The molecule has 0 amide bonds. The first-order chi connectivity index (χ1) is 14.9. The molecule has 1 heterocycles. The number of thioether (sulfide) groups is 1. The van der Waals surface area contributed by atoms with Crippen LogP contribution in [0.1, 0.15) is 47.1 Å². The number of rotatable bonds is 4. The minimum Gasteiger partial charge on any atom is -0.468 e. The highest BCUT2D eigenvalue weighted by atomic mass is 32.2. The van der Waals surface area contributed by atoms with Crippen molar-refractivity contribution in [3.63, 3.8) is 0 Å². The zero-order valence-corrected chi connectivity index (χ0v) is 20.6.